The Bertz CT molecular complexity index is 296. The van der Waals surface area contributed by atoms with Crippen molar-refractivity contribution in [2.24, 2.45) is 5.16 Å². The highest BCUT2D eigenvalue weighted by atomic mass is 79.9. The smallest absolute Gasteiger partial charge is 0.106 e. The Kier molecular flexibility index (Phi) is 3.29. The summed E-state index contributed by atoms with van der Waals surface area (Å²) in [7, 11) is 1.54. The van der Waals surface area contributed by atoms with Gasteiger partial charge in [0.1, 0.15) is 7.11 Å². The van der Waals surface area contributed by atoms with Gasteiger partial charge in [-0.2, -0.15) is 0 Å². The third-order valence-corrected chi connectivity index (χ3v) is 2.18. The van der Waals surface area contributed by atoms with Crippen LogP contribution >= 0.6 is 15.9 Å². The van der Waals surface area contributed by atoms with Gasteiger partial charge in [0, 0.05) is 10.0 Å². The molecule has 0 aliphatic rings. The van der Waals surface area contributed by atoms with Gasteiger partial charge in [-0.15, -0.1) is 0 Å². The van der Waals surface area contributed by atoms with Crippen molar-refractivity contribution in [3.8, 4) is 0 Å². The second kappa shape index (κ2) is 4.26. The first-order valence-electron chi connectivity index (χ1n) is 3.58. The standard InChI is InChI=1S/C9H10BrNO/c1-7(11-12-2)8-5-3-4-6-9(8)10/h3-6H,1-2H3/b11-7+. The zero-order valence-electron chi connectivity index (χ0n) is 7.04. The topological polar surface area (TPSA) is 21.6 Å². The first-order chi connectivity index (χ1) is 5.75. The van der Waals surface area contributed by atoms with Gasteiger partial charge in [0.25, 0.3) is 0 Å². The monoisotopic (exact) mass is 227 g/mol. The second-order valence-corrected chi connectivity index (χ2v) is 3.19. The zero-order chi connectivity index (χ0) is 8.97. The molecule has 0 atom stereocenters. The van der Waals surface area contributed by atoms with Gasteiger partial charge in [-0.05, 0) is 13.0 Å². The van der Waals surface area contributed by atoms with Crippen molar-refractivity contribution in [3.05, 3.63) is 34.3 Å². The average Bonchev–Trinajstić information content (AvgIpc) is 2.05. The Morgan fingerprint density at radius 1 is 1.42 bits per heavy atom. The van der Waals surface area contributed by atoms with Crippen molar-refractivity contribution < 1.29 is 4.84 Å². The van der Waals surface area contributed by atoms with Gasteiger partial charge < -0.3 is 4.84 Å². The molecule has 0 unspecified atom stereocenters. The molecule has 0 aliphatic heterocycles. The zero-order valence-corrected chi connectivity index (χ0v) is 8.63. The molecule has 1 aromatic carbocycles. The van der Waals surface area contributed by atoms with E-state index in [0.29, 0.717) is 0 Å². The molecule has 1 aromatic rings. The summed E-state index contributed by atoms with van der Waals surface area (Å²) in [6, 6.07) is 7.90. The average molecular weight is 228 g/mol. The van der Waals surface area contributed by atoms with Gasteiger partial charge in [-0.1, -0.05) is 39.3 Å². The van der Waals surface area contributed by atoms with Crippen LogP contribution in [0, 0.1) is 0 Å². The quantitative estimate of drug-likeness (QED) is 0.563. The summed E-state index contributed by atoms with van der Waals surface area (Å²) in [5, 5.41) is 3.84. The van der Waals surface area contributed by atoms with Crippen LogP contribution in [0.2, 0.25) is 0 Å². The maximum atomic E-state index is 4.68. The van der Waals surface area contributed by atoms with E-state index in [4.69, 9.17) is 0 Å². The molecule has 0 spiro atoms. The van der Waals surface area contributed by atoms with Crippen LogP contribution in [0.4, 0.5) is 0 Å². The predicted octanol–water partition coefficient (Wildman–Crippen LogP) is 2.82. The van der Waals surface area contributed by atoms with Crippen molar-refractivity contribution in [2.45, 2.75) is 6.92 Å². The summed E-state index contributed by atoms with van der Waals surface area (Å²) in [5.41, 5.74) is 1.92. The van der Waals surface area contributed by atoms with Crippen LogP contribution in [0.3, 0.4) is 0 Å². The maximum absolute atomic E-state index is 4.68. The molecule has 0 fully saturated rings. The highest BCUT2D eigenvalue weighted by Gasteiger charge is 2.01. The van der Waals surface area contributed by atoms with E-state index < -0.39 is 0 Å². The van der Waals surface area contributed by atoms with Crippen molar-refractivity contribution in [1.82, 2.24) is 0 Å². The summed E-state index contributed by atoms with van der Waals surface area (Å²) < 4.78 is 1.03. The van der Waals surface area contributed by atoms with Crippen molar-refractivity contribution >= 4 is 21.6 Å². The predicted molar refractivity (Wildman–Crippen MR) is 53.4 cm³/mol. The van der Waals surface area contributed by atoms with E-state index >= 15 is 0 Å². The Morgan fingerprint density at radius 3 is 2.67 bits per heavy atom. The minimum absolute atomic E-state index is 0.866. The Labute approximate surface area is 80.4 Å². The van der Waals surface area contributed by atoms with Crippen LogP contribution in [-0.4, -0.2) is 12.8 Å². The van der Waals surface area contributed by atoms with E-state index in [2.05, 4.69) is 25.9 Å². The molecular weight excluding hydrogens is 218 g/mol. The molecule has 0 saturated heterocycles. The molecule has 0 bridgehead atoms. The van der Waals surface area contributed by atoms with Crippen LogP contribution in [-0.2, 0) is 4.84 Å². The van der Waals surface area contributed by atoms with Crippen LogP contribution in [0.15, 0.2) is 33.9 Å². The summed E-state index contributed by atoms with van der Waals surface area (Å²) in [6.07, 6.45) is 0. The van der Waals surface area contributed by atoms with Crippen LogP contribution < -0.4 is 0 Å². The Hall–Kier alpha value is -0.830. The molecule has 0 aromatic heterocycles. The minimum Gasteiger partial charge on any atom is -0.399 e. The lowest BCUT2D eigenvalue weighted by atomic mass is 10.1. The highest BCUT2D eigenvalue weighted by molar-refractivity contribution is 9.10. The first kappa shape index (κ1) is 9.26. The van der Waals surface area contributed by atoms with Gasteiger partial charge in [-0.25, -0.2) is 0 Å². The van der Waals surface area contributed by atoms with E-state index in [1.54, 1.807) is 7.11 Å². The first-order valence-corrected chi connectivity index (χ1v) is 4.37. The minimum atomic E-state index is 0.866. The number of halogens is 1. The molecule has 0 radical (unpaired) electrons. The fourth-order valence-electron chi connectivity index (χ4n) is 0.941. The third kappa shape index (κ3) is 2.08. The molecular formula is C9H10BrNO. The molecule has 0 aliphatic carbocycles. The van der Waals surface area contributed by atoms with E-state index in [9.17, 15) is 0 Å². The van der Waals surface area contributed by atoms with E-state index in [1.165, 1.54) is 0 Å². The number of nitrogens with zero attached hydrogens (tertiary/aromatic N) is 1. The number of hydrogen-bond donors (Lipinski definition) is 0. The number of rotatable bonds is 2. The van der Waals surface area contributed by atoms with Crippen LogP contribution in [0.1, 0.15) is 12.5 Å². The maximum Gasteiger partial charge on any atom is 0.106 e. The lowest BCUT2D eigenvalue weighted by Crippen LogP contribution is -1.95. The normalized spacial score (nSPS) is 11.4. The molecule has 12 heavy (non-hydrogen) atoms. The summed E-state index contributed by atoms with van der Waals surface area (Å²) in [4.78, 5) is 4.68. The molecule has 0 amide bonds. The van der Waals surface area contributed by atoms with Gasteiger partial charge in [0.2, 0.25) is 0 Å². The van der Waals surface area contributed by atoms with E-state index in [1.807, 2.05) is 31.2 Å². The Balaban J connectivity index is 3.02. The van der Waals surface area contributed by atoms with Gasteiger partial charge in [0.05, 0.1) is 5.71 Å². The molecule has 0 heterocycles. The van der Waals surface area contributed by atoms with Gasteiger partial charge in [0.15, 0.2) is 0 Å². The molecule has 0 saturated carbocycles. The summed E-state index contributed by atoms with van der Waals surface area (Å²) >= 11 is 3.43. The van der Waals surface area contributed by atoms with E-state index in [0.717, 1.165) is 15.7 Å². The number of hydrogen-bond acceptors (Lipinski definition) is 2. The highest BCUT2D eigenvalue weighted by Crippen LogP contribution is 2.16. The van der Waals surface area contributed by atoms with Crippen LogP contribution in [0.25, 0.3) is 0 Å². The summed E-state index contributed by atoms with van der Waals surface area (Å²) in [6.45, 7) is 1.91. The largest absolute Gasteiger partial charge is 0.399 e. The lowest BCUT2D eigenvalue weighted by molar-refractivity contribution is 0.213. The van der Waals surface area contributed by atoms with Crippen molar-refractivity contribution in [1.29, 1.82) is 0 Å². The molecule has 3 heteroatoms. The lowest BCUT2D eigenvalue weighted by Gasteiger charge is -2.01. The van der Waals surface area contributed by atoms with Gasteiger partial charge >= 0.3 is 0 Å². The molecule has 1 rings (SSSR count). The van der Waals surface area contributed by atoms with Gasteiger partial charge in [-0.3, -0.25) is 0 Å². The van der Waals surface area contributed by atoms with Crippen LogP contribution in [0.5, 0.6) is 0 Å². The fraction of sp³-hybridized carbons (Fsp3) is 0.222. The molecule has 2 nitrogen and oxygen atoms in total. The van der Waals surface area contributed by atoms with Crippen molar-refractivity contribution in [2.75, 3.05) is 7.11 Å². The second-order valence-electron chi connectivity index (χ2n) is 2.34. The fourth-order valence-corrected chi connectivity index (χ4v) is 1.51. The van der Waals surface area contributed by atoms with E-state index in [-0.39, 0.29) is 0 Å². The summed E-state index contributed by atoms with van der Waals surface area (Å²) in [5.74, 6) is 0. The molecule has 64 valence electrons. The number of benzene rings is 1. The third-order valence-electron chi connectivity index (χ3n) is 1.49. The SMILES string of the molecule is CO/N=C(\C)c1ccccc1Br. The van der Waals surface area contributed by atoms with Crippen molar-refractivity contribution in [3.63, 3.8) is 0 Å². The molecule has 0 N–H and O–H groups in total. The number of oxime groups is 1. The Morgan fingerprint density at radius 2 is 2.08 bits per heavy atom.